The Hall–Kier alpha value is -4.29. The Labute approximate surface area is 198 Å². The van der Waals surface area contributed by atoms with Gasteiger partial charge in [-0.15, -0.1) is 0 Å². The molecule has 0 saturated carbocycles. The van der Waals surface area contributed by atoms with Gasteiger partial charge in [0.1, 0.15) is 11.2 Å². The Bertz CT molecular complexity index is 1520. The lowest BCUT2D eigenvalue weighted by molar-refractivity contribution is 0.0996. The van der Waals surface area contributed by atoms with E-state index in [2.05, 4.69) is 21.5 Å². The third-order valence-corrected chi connectivity index (χ3v) is 5.62. The first-order chi connectivity index (χ1) is 16.2. The van der Waals surface area contributed by atoms with Crippen LogP contribution in [0.5, 0.6) is 0 Å². The van der Waals surface area contributed by atoms with Crippen molar-refractivity contribution in [3.8, 4) is 6.07 Å². The van der Waals surface area contributed by atoms with Gasteiger partial charge in [0.05, 0.1) is 40.8 Å². The van der Waals surface area contributed by atoms with E-state index < -0.39 is 17.6 Å². The lowest BCUT2D eigenvalue weighted by Crippen LogP contribution is -2.18. The van der Waals surface area contributed by atoms with Gasteiger partial charge in [-0.2, -0.15) is 10.4 Å². The molecule has 0 unspecified atom stereocenters. The summed E-state index contributed by atoms with van der Waals surface area (Å²) in [7, 11) is 0. The van der Waals surface area contributed by atoms with Crippen molar-refractivity contribution in [1.29, 1.82) is 5.26 Å². The molecule has 2 aromatic carbocycles. The van der Waals surface area contributed by atoms with Crippen LogP contribution in [-0.2, 0) is 6.54 Å². The minimum Gasteiger partial charge on any atom is -0.364 e. The summed E-state index contributed by atoms with van der Waals surface area (Å²) >= 11 is 5.99. The highest BCUT2D eigenvalue weighted by Gasteiger charge is 2.21. The molecule has 170 valence electrons. The fourth-order valence-electron chi connectivity index (χ4n) is 3.71. The number of carbonyl (C=O) groups is 2. The van der Waals surface area contributed by atoms with Gasteiger partial charge < -0.3 is 11.1 Å². The summed E-state index contributed by atoms with van der Waals surface area (Å²) < 4.78 is 16.2. The third kappa shape index (κ3) is 4.19. The van der Waals surface area contributed by atoms with E-state index in [1.165, 1.54) is 12.1 Å². The number of anilines is 1. The zero-order valence-electron chi connectivity index (χ0n) is 18.2. The number of primary amides is 1. The van der Waals surface area contributed by atoms with Crippen LogP contribution in [0.1, 0.15) is 43.4 Å². The van der Waals surface area contributed by atoms with Crippen LogP contribution in [0.3, 0.4) is 0 Å². The van der Waals surface area contributed by atoms with Gasteiger partial charge in [-0.1, -0.05) is 29.8 Å². The van der Waals surface area contributed by atoms with E-state index in [0.717, 1.165) is 11.6 Å². The van der Waals surface area contributed by atoms with Crippen molar-refractivity contribution in [3.63, 3.8) is 0 Å². The first kappa shape index (κ1) is 22.9. The van der Waals surface area contributed by atoms with Crippen LogP contribution in [0, 0.1) is 31.0 Å². The van der Waals surface area contributed by atoms with E-state index in [1.54, 1.807) is 30.7 Å². The van der Waals surface area contributed by atoms with E-state index in [9.17, 15) is 19.2 Å². The molecule has 0 spiro atoms. The normalized spacial score (nSPS) is 10.8. The van der Waals surface area contributed by atoms with Crippen molar-refractivity contribution in [1.82, 2.24) is 14.8 Å². The zero-order valence-corrected chi connectivity index (χ0v) is 18.9. The fourth-order valence-corrected chi connectivity index (χ4v) is 3.91. The minimum absolute atomic E-state index is 0.0124. The van der Waals surface area contributed by atoms with Crippen molar-refractivity contribution in [2.45, 2.75) is 20.4 Å². The summed E-state index contributed by atoms with van der Waals surface area (Å²) in [6.07, 6.45) is 0. The molecule has 4 aromatic rings. The maximum absolute atomic E-state index is 14.5. The lowest BCUT2D eigenvalue weighted by Gasteiger charge is -2.11. The number of halogens is 2. The van der Waals surface area contributed by atoms with Crippen LogP contribution >= 0.6 is 11.6 Å². The first-order valence-electron chi connectivity index (χ1n) is 10.1. The molecule has 34 heavy (non-hydrogen) atoms. The average Bonchev–Trinajstić information content (AvgIpc) is 3.06. The molecule has 0 bridgehead atoms. The number of aryl methyl sites for hydroxylation is 1. The number of amides is 2. The number of nitriles is 1. The molecule has 2 heterocycles. The maximum Gasteiger partial charge on any atom is 0.267 e. The van der Waals surface area contributed by atoms with Crippen LogP contribution in [0.2, 0.25) is 5.02 Å². The monoisotopic (exact) mass is 476 g/mol. The quantitative estimate of drug-likeness (QED) is 0.448. The molecule has 0 aliphatic carbocycles. The largest absolute Gasteiger partial charge is 0.364 e. The molecule has 3 N–H and O–H groups in total. The Morgan fingerprint density at radius 2 is 1.97 bits per heavy atom. The Morgan fingerprint density at radius 1 is 1.24 bits per heavy atom. The topological polar surface area (TPSA) is 127 Å². The molecule has 2 amide bonds. The van der Waals surface area contributed by atoms with E-state index in [-0.39, 0.29) is 27.2 Å². The van der Waals surface area contributed by atoms with Crippen molar-refractivity contribution in [2.75, 3.05) is 5.32 Å². The lowest BCUT2D eigenvalue weighted by atomic mass is 10.1. The maximum atomic E-state index is 14.5. The number of aromatic nitrogens is 3. The van der Waals surface area contributed by atoms with Gasteiger partial charge in [-0.3, -0.25) is 14.3 Å². The number of hydrogen-bond donors (Lipinski definition) is 2. The molecule has 0 aliphatic rings. The van der Waals surface area contributed by atoms with Crippen LogP contribution in [0.4, 0.5) is 10.1 Å². The Balaban J connectivity index is 1.74. The van der Waals surface area contributed by atoms with Crippen LogP contribution in [-0.4, -0.2) is 26.6 Å². The molecular formula is C24H18ClFN6O2. The second kappa shape index (κ2) is 8.92. The minimum atomic E-state index is -0.901. The van der Waals surface area contributed by atoms with E-state index in [4.69, 9.17) is 17.3 Å². The SMILES string of the molecule is Cc1nn(Cc2ccccc2C#N)c(C)c1NC(=O)c1cc(C(N)=O)nc2c(F)cc(Cl)cc12. The van der Waals surface area contributed by atoms with E-state index in [0.29, 0.717) is 29.2 Å². The number of carbonyl (C=O) groups excluding carboxylic acids is 2. The standard InChI is InChI=1S/C24H18ClFN6O2/c1-12-21(13(2)32(31-12)11-15-6-4-3-5-14(15)10-27)30-24(34)18-9-20(23(28)33)29-22-17(18)7-16(25)8-19(22)26/h3-9H,11H2,1-2H3,(H2,28,33)(H,30,34). The summed E-state index contributed by atoms with van der Waals surface area (Å²) in [5.74, 6) is -2.29. The summed E-state index contributed by atoms with van der Waals surface area (Å²) in [4.78, 5) is 28.9. The van der Waals surface area contributed by atoms with Crippen molar-refractivity contribution in [3.05, 3.63) is 87.1 Å². The van der Waals surface area contributed by atoms with Gasteiger partial charge in [0.15, 0.2) is 5.82 Å². The summed E-state index contributed by atoms with van der Waals surface area (Å²) in [6.45, 7) is 3.84. The second-order valence-corrected chi connectivity index (χ2v) is 8.07. The van der Waals surface area contributed by atoms with Gasteiger partial charge in [-0.05, 0) is 43.7 Å². The highest BCUT2D eigenvalue weighted by Crippen LogP contribution is 2.28. The first-order valence-corrected chi connectivity index (χ1v) is 10.5. The predicted octanol–water partition coefficient (Wildman–Crippen LogP) is 4.11. The van der Waals surface area contributed by atoms with Crippen LogP contribution in [0.15, 0.2) is 42.5 Å². The van der Waals surface area contributed by atoms with Gasteiger partial charge in [0, 0.05) is 10.4 Å². The Morgan fingerprint density at radius 3 is 2.68 bits per heavy atom. The van der Waals surface area contributed by atoms with Crippen molar-refractivity contribution >= 4 is 40.0 Å². The highest BCUT2D eigenvalue weighted by atomic mass is 35.5. The predicted molar refractivity (Wildman–Crippen MR) is 125 cm³/mol. The third-order valence-electron chi connectivity index (χ3n) is 5.41. The molecular weight excluding hydrogens is 459 g/mol. The number of nitrogens with one attached hydrogen (secondary N) is 1. The average molecular weight is 477 g/mol. The fraction of sp³-hybridized carbons (Fsp3) is 0.125. The molecule has 0 atom stereocenters. The zero-order chi connectivity index (χ0) is 24.6. The van der Waals surface area contributed by atoms with Crippen LogP contribution in [0.25, 0.3) is 10.9 Å². The van der Waals surface area contributed by atoms with Gasteiger partial charge in [-0.25, -0.2) is 9.37 Å². The molecule has 0 saturated heterocycles. The van der Waals surface area contributed by atoms with Crippen LogP contribution < -0.4 is 11.1 Å². The molecule has 8 nitrogen and oxygen atoms in total. The number of benzene rings is 2. The van der Waals surface area contributed by atoms with Gasteiger partial charge >= 0.3 is 0 Å². The van der Waals surface area contributed by atoms with Crippen molar-refractivity contribution < 1.29 is 14.0 Å². The Kier molecular flexibility index (Phi) is 6.01. The summed E-state index contributed by atoms with van der Waals surface area (Å²) in [5.41, 5.74) is 7.83. The highest BCUT2D eigenvalue weighted by molar-refractivity contribution is 6.31. The number of nitrogens with zero attached hydrogens (tertiary/aromatic N) is 4. The number of nitrogens with two attached hydrogens (primary N) is 1. The molecule has 4 rings (SSSR count). The molecule has 10 heteroatoms. The molecule has 0 radical (unpaired) electrons. The number of fused-ring (bicyclic) bond motifs is 1. The van der Waals surface area contributed by atoms with E-state index >= 15 is 0 Å². The number of hydrogen-bond acceptors (Lipinski definition) is 5. The summed E-state index contributed by atoms with van der Waals surface area (Å²) in [5, 5.41) is 16.8. The molecule has 0 fully saturated rings. The second-order valence-electron chi connectivity index (χ2n) is 7.63. The summed E-state index contributed by atoms with van der Waals surface area (Å²) in [6, 6.07) is 13.0. The van der Waals surface area contributed by atoms with E-state index in [1.807, 2.05) is 12.1 Å². The molecule has 2 aromatic heterocycles. The van der Waals surface area contributed by atoms with Crippen molar-refractivity contribution in [2.24, 2.45) is 5.73 Å². The smallest absolute Gasteiger partial charge is 0.267 e. The molecule has 0 aliphatic heterocycles. The van der Waals surface area contributed by atoms with Gasteiger partial charge in [0.2, 0.25) is 0 Å². The van der Waals surface area contributed by atoms with Gasteiger partial charge in [0.25, 0.3) is 11.8 Å². The number of pyridine rings is 1. The number of rotatable bonds is 5.